The first-order valence-electron chi connectivity index (χ1n) is 14.3. The highest BCUT2D eigenvalue weighted by Gasteiger charge is 2.22. The van der Waals surface area contributed by atoms with Crippen LogP contribution in [0.2, 0.25) is 0 Å². The van der Waals surface area contributed by atoms with E-state index in [0.717, 1.165) is 64.2 Å². The summed E-state index contributed by atoms with van der Waals surface area (Å²) < 4.78 is 5.62. The van der Waals surface area contributed by atoms with Crippen LogP contribution in [0.4, 0.5) is 0 Å². The van der Waals surface area contributed by atoms with E-state index in [9.17, 15) is 19.8 Å². The SMILES string of the molecule is CCCCCCCCC(COC(=O)CC(C)CCCC(C)(C)O)C(O)CCCCCCCC(=O)O. The van der Waals surface area contributed by atoms with Crippen molar-refractivity contribution in [1.82, 2.24) is 0 Å². The monoisotopic (exact) mass is 500 g/mol. The molecule has 3 unspecified atom stereocenters. The lowest BCUT2D eigenvalue weighted by Gasteiger charge is -2.23. The smallest absolute Gasteiger partial charge is 0.306 e. The Morgan fingerprint density at radius 3 is 2.00 bits per heavy atom. The van der Waals surface area contributed by atoms with Gasteiger partial charge in [0.1, 0.15) is 0 Å². The predicted molar refractivity (Wildman–Crippen MR) is 142 cm³/mol. The number of aliphatic hydroxyl groups excluding tert-OH is 1. The number of aliphatic carboxylic acids is 1. The van der Waals surface area contributed by atoms with Gasteiger partial charge in [-0.25, -0.2) is 0 Å². The average molecular weight is 501 g/mol. The molecule has 6 nitrogen and oxygen atoms in total. The molecule has 35 heavy (non-hydrogen) atoms. The van der Waals surface area contributed by atoms with Crippen molar-refractivity contribution in [2.45, 2.75) is 155 Å². The first-order valence-corrected chi connectivity index (χ1v) is 14.3. The van der Waals surface area contributed by atoms with Crippen LogP contribution >= 0.6 is 0 Å². The summed E-state index contributed by atoms with van der Waals surface area (Å²) in [6.45, 7) is 8.15. The Labute approximate surface area is 215 Å². The van der Waals surface area contributed by atoms with Gasteiger partial charge in [0.2, 0.25) is 0 Å². The fourth-order valence-corrected chi connectivity index (χ4v) is 4.50. The number of esters is 1. The second-order valence-electron chi connectivity index (χ2n) is 11.3. The molecule has 0 rings (SSSR count). The first kappa shape index (κ1) is 33.9. The third-order valence-electron chi connectivity index (χ3n) is 6.82. The highest BCUT2D eigenvalue weighted by atomic mass is 16.5. The van der Waals surface area contributed by atoms with Crippen LogP contribution < -0.4 is 0 Å². The Morgan fingerprint density at radius 1 is 0.829 bits per heavy atom. The Balaban J connectivity index is 4.40. The molecular weight excluding hydrogens is 444 g/mol. The summed E-state index contributed by atoms with van der Waals surface area (Å²) in [6.07, 6.45) is 15.9. The summed E-state index contributed by atoms with van der Waals surface area (Å²) >= 11 is 0. The van der Waals surface area contributed by atoms with Crippen LogP contribution in [0.3, 0.4) is 0 Å². The second kappa shape index (κ2) is 21.0. The molecule has 0 saturated carbocycles. The summed E-state index contributed by atoms with van der Waals surface area (Å²) in [6, 6.07) is 0. The molecule has 208 valence electrons. The molecule has 0 aromatic carbocycles. The molecule has 0 spiro atoms. The highest BCUT2D eigenvalue weighted by Crippen LogP contribution is 2.22. The number of carbonyl (C=O) groups excluding carboxylic acids is 1. The minimum absolute atomic E-state index is 0.0253. The van der Waals surface area contributed by atoms with Crippen molar-refractivity contribution in [1.29, 1.82) is 0 Å². The van der Waals surface area contributed by atoms with Gasteiger partial charge in [-0.3, -0.25) is 9.59 Å². The Bertz CT molecular complexity index is 528. The molecule has 0 heterocycles. The molecule has 0 aliphatic carbocycles. The zero-order chi connectivity index (χ0) is 26.5. The first-order chi connectivity index (χ1) is 16.5. The quantitative estimate of drug-likeness (QED) is 0.0970. The maximum absolute atomic E-state index is 12.4. The lowest BCUT2D eigenvalue weighted by Crippen LogP contribution is -2.27. The minimum Gasteiger partial charge on any atom is -0.481 e. The summed E-state index contributed by atoms with van der Waals surface area (Å²) in [5.41, 5.74) is -0.668. The van der Waals surface area contributed by atoms with Crippen molar-refractivity contribution in [2.24, 2.45) is 11.8 Å². The molecule has 0 aliphatic rings. The van der Waals surface area contributed by atoms with E-state index in [1.807, 2.05) is 6.92 Å². The van der Waals surface area contributed by atoms with Crippen LogP contribution in [0, 0.1) is 11.8 Å². The number of rotatable bonds is 24. The second-order valence-corrected chi connectivity index (χ2v) is 11.3. The highest BCUT2D eigenvalue weighted by molar-refractivity contribution is 5.69. The van der Waals surface area contributed by atoms with Gasteiger partial charge < -0.3 is 20.1 Å². The molecule has 0 aliphatic heterocycles. The van der Waals surface area contributed by atoms with Crippen LogP contribution in [-0.4, -0.2) is 45.6 Å². The van der Waals surface area contributed by atoms with Gasteiger partial charge >= 0.3 is 11.9 Å². The summed E-state index contributed by atoms with van der Waals surface area (Å²) in [7, 11) is 0. The maximum atomic E-state index is 12.4. The van der Waals surface area contributed by atoms with Gasteiger partial charge in [-0.1, -0.05) is 90.9 Å². The minimum atomic E-state index is -0.740. The lowest BCUT2D eigenvalue weighted by molar-refractivity contribution is -0.147. The molecule has 0 fully saturated rings. The van der Waals surface area contributed by atoms with E-state index < -0.39 is 17.7 Å². The molecule has 3 N–H and O–H groups in total. The lowest BCUT2D eigenvalue weighted by atomic mass is 9.92. The zero-order valence-electron chi connectivity index (χ0n) is 23.2. The van der Waals surface area contributed by atoms with Gasteiger partial charge in [0.25, 0.3) is 0 Å². The normalized spacial score (nSPS) is 14.5. The van der Waals surface area contributed by atoms with Crippen molar-refractivity contribution < 1.29 is 29.6 Å². The molecule has 0 aromatic rings. The number of carboxylic acids is 1. The van der Waals surface area contributed by atoms with Gasteiger partial charge in [-0.05, 0) is 45.4 Å². The van der Waals surface area contributed by atoms with Crippen LogP contribution in [0.1, 0.15) is 143 Å². The summed E-state index contributed by atoms with van der Waals surface area (Å²) in [4.78, 5) is 23.0. The van der Waals surface area contributed by atoms with Crippen LogP contribution in [0.25, 0.3) is 0 Å². The van der Waals surface area contributed by atoms with E-state index in [-0.39, 0.29) is 30.8 Å². The Hall–Kier alpha value is -1.14. The number of hydrogen-bond acceptors (Lipinski definition) is 5. The topological polar surface area (TPSA) is 104 Å². The Morgan fingerprint density at radius 2 is 1.40 bits per heavy atom. The molecule has 6 heteroatoms. The van der Waals surface area contributed by atoms with Gasteiger partial charge in [0, 0.05) is 18.8 Å². The maximum Gasteiger partial charge on any atom is 0.306 e. The predicted octanol–water partition coefficient (Wildman–Crippen LogP) is 7.04. The van der Waals surface area contributed by atoms with E-state index in [1.54, 1.807) is 13.8 Å². The van der Waals surface area contributed by atoms with Crippen molar-refractivity contribution in [3.05, 3.63) is 0 Å². The molecule has 0 saturated heterocycles. The third kappa shape index (κ3) is 23.0. The van der Waals surface area contributed by atoms with Gasteiger partial charge in [-0.15, -0.1) is 0 Å². The largest absolute Gasteiger partial charge is 0.481 e. The van der Waals surface area contributed by atoms with Crippen LogP contribution in [-0.2, 0) is 14.3 Å². The standard InChI is InChI=1S/C29H56O6/c1-5-6-7-8-10-13-18-25(26(30)19-14-11-9-12-15-20-27(31)32)23-35-28(33)22-24(2)17-16-21-29(3,4)34/h24-26,30,34H,5-23H2,1-4H3,(H,31,32). The van der Waals surface area contributed by atoms with Gasteiger partial charge in [-0.2, -0.15) is 0 Å². The van der Waals surface area contributed by atoms with Crippen molar-refractivity contribution in [2.75, 3.05) is 6.61 Å². The number of carbonyl (C=O) groups is 2. The van der Waals surface area contributed by atoms with E-state index in [2.05, 4.69) is 6.92 Å². The molecule has 0 aromatic heterocycles. The zero-order valence-corrected chi connectivity index (χ0v) is 23.2. The Kier molecular flexibility index (Phi) is 20.3. The molecule has 3 atom stereocenters. The summed E-state index contributed by atoms with van der Waals surface area (Å²) in [5.74, 6) is -0.745. The number of aliphatic hydroxyl groups is 2. The molecule has 0 amide bonds. The van der Waals surface area contributed by atoms with E-state index in [1.165, 1.54) is 25.7 Å². The van der Waals surface area contributed by atoms with Crippen molar-refractivity contribution in [3.8, 4) is 0 Å². The average Bonchev–Trinajstić information content (AvgIpc) is 2.76. The van der Waals surface area contributed by atoms with Crippen molar-refractivity contribution in [3.63, 3.8) is 0 Å². The molecule has 0 bridgehead atoms. The fourth-order valence-electron chi connectivity index (χ4n) is 4.50. The summed E-state index contributed by atoms with van der Waals surface area (Å²) in [5, 5.41) is 29.4. The number of hydrogen-bond donors (Lipinski definition) is 3. The third-order valence-corrected chi connectivity index (χ3v) is 6.82. The van der Waals surface area contributed by atoms with E-state index >= 15 is 0 Å². The number of unbranched alkanes of at least 4 members (excludes halogenated alkanes) is 9. The fraction of sp³-hybridized carbons (Fsp3) is 0.931. The number of ether oxygens (including phenoxy) is 1. The van der Waals surface area contributed by atoms with E-state index in [4.69, 9.17) is 9.84 Å². The molecule has 0 radical (unpaired) electrons. The van der Waals surface area contributed by atoms with Gasteiger partial charge in [0.05, 0.1) is 18.3 Å². The van der Waals surface area contributed by atoms with Gasteiger partial charge in [0.15, 0.2) is 0 Å². The van der Waals surface area contributed by atoms with Crippen LogP contribution in [0.15, 0.2) is 0 Å². The van der Waals surface area contributed by atoms with Crippen LogP contribution in [0.5, 0.6) is 0 Å². The number of carboxylic acid groups (broad SMARTS) is 1. The van der Waals surface area contributed by atoms with E-state index in [0.29, 0.717) is 19.3 Å². The molecular formula is C29H56O6. The van der Waals surface area contributed by atoms with Crippen molar-refractivity contribution >= 4 is 11.9 Å².